The minimum atomic E-state index is -0.118. The molecule has 4 heteroatoms. The van der Waals surface area contributed by atoms with Gasteiger partial charge in [0.05, 0.1) is 5.56 Å². The molecule has 0 spiro atoms. The van der Waals surface area contributed by atoms with Gasteiger partial charge in [0.2, 0.25) is 0 Å². The number of carbonyl (C=O) groups excluding carboxylic acids is 1. The van der Waals surface area contributed by atoms with Crippen molar-refractivity contribution < 1.29 is 4.79 Å². The summed E-state index contributed by atoms with van der Waals surface area (Å²) in [4.78, 5) is 16.4. The third-order valence-corrected chi connectivity index (χ3v) is 3.61. The number of hydrogen-bond acceptors (Lipinski definition) is 3. The first-order valence-corrected chi connectivity index (χ1v) is 7.27. The summed E-state index contributed by atoms with van der Waals surface area (Å²) >= 11 is 0. The highest BCUT2D eigenvalue weighted by Crippen LogP contribution is 2.20. The van der Waals surface area contributed by atoms with Crippen molar-refractivity contribution in [2.24, 2.45) is 0 Å². The largest absolute Gasteiger partial charge is 0.322 e. The first-order valence-electron chi connectivity index (χ1n) is 7.27. The Morgan fingerprint density at radius 2 is 2.14 bits per heavy atom. The smallest absolute Gasteiger partial charge is 0.257 e. The zero-order valence-electron chi connectivity index (χ0n) is 12.1. The van der Waals surface area contributed by atoms with Gasteiger partial charge in [-0.05, 0) is 49.6 Å². The van der Waals surface area contributed by atoms with Crippen molar-refractivity contribution in [2.45, 2.75) is 32.4 Å². The molecule has 1 amide bonds. The Morgan fingerprint density at radius 3 is 2.90 bits per heavy atom. The van der Waals surface area contributed by atoms with Crippen LogP contribution in [0.3, 0.4) is 0 Å². The number of anilines is 1. The molecular weight excluding hydrogens is 262 g/mol. The van der Waals surface area contributed by atoms with Crippen molar-refractivity contribution in [1.29, 1.82) is 0 Å². The Hall–Kier alpha value is -2.20. The van der Waals surface area contributed by atoms with Crippen molar-refractivity contribution in [3.05, 3.63) is 59.4 Å². The predicted octanol–water partition coefficient (Wildman–Crippen LogP) is 2.89. The SMILES string of the molecule is Cc1ncccc1C(=O)Nc1cccc(CNC2CC2)c1. The monoisotopic (exact) mass is 281 g/mol. The lowest BCUT2D eigenvalue weighted by atomic mass is 10.1. The molecule has 0 aliphatic heterocycles. The summed E-state index contributed by atoms with van der Waals surface area (Å²) < 4.78 is 0. The molecule has 2 N–H and O–H groups in total. The molecule has 0 bridgehead atoms. The standard InChI is InChI=1S/C17H19N3O/c1-12-16(6-3-9-18-12)17(21)20-15-5-2-4-13(10-15)11-19-14-7-8-14/h2-6,9-10,14,19H,7-8,11H2,1H3,(H,20,21). The van der Waals surface area contributed by atoms with E-state index in [0.29, 0.717) is 11.6 Å². The molecule has 1 fully saturated rings. The van der Waals surface area contributed by atoms with Gasteiger partial charge in [-0.15, -0.1) is 0 Å². The molecule has 1 aliphatic carbocycles. The van der Waals surface area contributed by atoms with E-state index < -0.39 is 0 Å². The van der Waals surface area contributed by atoms with Crippen molar-refractivity contribution in [1.82, 2.24) is 10.3 Å². The van der Waals surface area contributed by atoms with E-state index in [1.807, 2.05) is 25.1 Å². The van der Waals surface area contributed by atoms with Crippen molar-refractivity contribution in [3.63, 3.8) is 0 Å². The predicted molar refractivity (Wildman–Crippen MR) is 83.2 cm³/mol. The van der Waals surface area contributed by atoms with E-state index in [-0.39, 0.29) is 5.91 Å². The Balaban J connectivity index is 1.67. The van der Waals surface area contributed by atoms with Crippen LogP contribution in [0.1, 0.15) is 34.5 Å². The summed E-state index contributed by atoms with van der Waals surface area (Å²) in [6.07, 6.45) is 4.24. The Labute approximate surface area is 124 Å². The van der Waals surface area contributed by atoms with Gasteiger partial charge in [0.1, 0.15) is 0 Å². The summed E-state index contributed by atoms with van der Waals surface area (Å²) in [5.74, 6) is -0.118. The van der Waals surface area contributed by atoms with Gasteiger partial charge in [0, 0.05) is 30.2 Å². The quantitative estimate of drug-likeness (QED) is 0.886. The molecule has 1 saturated carbocycles. The maximum atomic E-state index is 12.3. The van der Waals surface area contributed by atoms with Crippen LogP contribution < -0.4 is 10.6 Å². The van der Waals surface area contributed by atoms with Crippen LogP contribution in [0.15, 0.2) is 42.6 Å². The normalized spacial score (nSPS) is 14.0. The highest BCUT2D eigenvalue weighted by Gasteiger charge is 2.19. The summed E-state index contributed by atoms with van der Waals surface area (Å²) in [5, 5.41) is 6.41. The van der Waals surface area contributed by atoms with Crippen LogP contribution in [0.25, 0.3) is 0 Å². The lowest BCUT2D eigenvalue weighted by molar-refractivity contribution is 0.102. The summed E-state index contributed by atoms with van der Waals surface area (Å²) in [6.45, 7) is 2.69. The molecule has 21 heavy (non-hydrogen) atoms. The van der Waals surface area contributed by atoms with E-state index in [0.717, 1.165) is 17.9 Å². The second kappa shape index (κ2) is 6.06. The van der Waals surface area contributed by atoms with Gasteiger partial charge in [-0.1, -0.05) is 12.1 Å². The first-order chi connectivity index (χ1) is 10.2. The number of aromatic nitrogens is 1. The fourth-order valence-electron chi connectivity index (χ4n) is 2.23. The number of carbonyl (C=O) groups is 1. The van der Waals surface area contributed by atoms with Gasteiger partial charge in [-0.2, -0.15) is 0 Å². The molecule has 1 aliphatic rings. The number of nitrogens with zero attached hydrogens (tertiary/aromatic N) is 1. The number of nitrogens with one attached hydrogen (secondary N) is 2. The van der Waals surface area contributed by atoms with E-state index in [1.165, 1.54) is 18.4 Å². The van der Waals surface area contributed by atoms with Crippen LogP contribution in [0, 0.1) is 6.92 Å². The highest BCUT2D eigenvalue weighted by molar-refractivity contribution is 6.04. The molecule has 0 saturated heterocycles. The van der Waals surface area contributed by atoms with E-state index in [9.17, 15) is 4.79 Å². The molecule has 0 radical (unpaired) electrons. The lowest BCUT2D eigenvalue weighted by Gasteiger charge is -2.09. The number of benzene rings is 1. The molecule has 3 rings (SSSR count). The van der Waals surface area contributed by atoms with Gasteiger partial charge in [-0.3, -0.25) is 9.78 Å². The van der Waals surface area contributed by atoms with Crippen LogP contribution in [0.5, 0.6) is 0 Å². The maximum absolute atomic E-state index is 12.3. The molecule has 0 unspecified atom stereocenters. The van der Waals surface area contributed by atoms with Gasteiger partial charge in [0.15, 0.2) is 0 Å². The van der Waals surface area contributed by atoms with Gasteiger partial charge >= 0.3 is 0 Å². The lowest BCUT2D eigenvalue weighted by Crippen LogP contribution is -2.16. The Morgan fingerprint density at radius 1 is 1.29 bits per heavy atom. The highest BCUT2D eigenvalue weighted by atomic mass is 16.1. The van der Waals surface area contributed by atoms with Crippen molar-refractivity contribution in [2.75, 3.05) is 5.32 Å². The topological polar surface area (TPSA) is 54.0 Å². The van der Waals surface area contributed by atoms with Crippen molar-refractivity contribution >= 4 is 11.6 Å². The van der Waals surface area contributed by atoms with E-state index in [1.54, 1.807) is 18.3 Å². The molecule has 1 aromatic heterocycles. The average Bonchev–Trinajstić information content (AvgIpc) is 3.30. The zero-order chi connectivity index (χ0) is 14.7. The molecule has 2 aromatic rings. The van der Waals surface area contributed by atoms with Crippen LogP contribution in [0.4, 0.5) is 5.69 Å². The van der Waals surface area contributed by atoms with E-state index >= 15 is 0 Å². The minimum absolute atomic E-state index is 0.118. The number of aryl methyl sites for hydroxylation is 1. The second-order valence-corrected chi connectivity index (χ2v) is 5.45. The minimum Gasteiger partial charge on any atom is -0.322 e. The Kier molecular flexibility index (Phi) is 3.97. The molecule has 1 aromatic carbocycles. The summed E-state index contributed by atoms with van der Waals surface area (Å²) in [6, 6.07) is 12.2. The Bertz CT molecular complexity index is 650. The molecule has 0 atom stereocenters. The van der Waals surface area contributed by atoms with Gasteiger partial charge < -0.3 is 10.6 Å². The van der Waals surface area contributed by atoms with Crippen LogP contribution >= 0.6 is 0 Å². The zero-order valence-corrected chi connectivity index (χ0v) is 12.1. The van der Waals surface area contributed by atoms with Crippen LogP contribution in [-0.2, 0) is 6.54 Å². The summed E-state index contributed by atoms with van der Waals surface area (Å²) in [7, 11) is 0. The third-order valence-electron chi connectivity index (χ3n) is 3.61. The fourth-order valence-corrected chi connectivity index (χ4v) is 2.23. The maximum Gasteiger partial charge on any atom is 0.257 e. The van der Waals surface area contributed by atoms with E-state index in [4.69, 9.17) is 0 Å². The second-order valence-electron chi connectivity index (χ2n) is 5.45. The number of rotatable bonds is 5. The van der Waals surface area contributed by atoms with Gasteiger partial charge in [0.25, 0.3) is 5.91 Å². The number of amides is 1. The summed E-state index contributed by atoms with van der Waals surface area (Å²) in [5.41, 5.74) is 3.35. The fraction of sp³-hybridized carbons (Fsp3) is 0.294. The van der Waals surface area contributed by atoms with Crippen molar-refractivity contribution in [3.8, 4) is 0 Å². The van der Waals surface area contributed by atoms with Crippen LogP contribution in [0.2, 0.25) is 0 Å². The molecular formula is C17H19N3O. The van der Waals surface area contributed by atoms with E-state index in [2.05, 4.69) is 21.7 Å². The molecule has 1 heterocycles. The first kappa shape index (κ1) is 13.8. The molecule has 4 nitrogen and oxygen atoms in total. The number of hydrogen-bond donors (Lipinski definition) is 2. The average molecular weight is 281 g/mol. The van der Waals surface area contributed by atoms with Crippen LogP contribution in [-0.4, -0.2) is 16.9 Å². The number of pyridine rings is 1. The molecule has 108 valence electrons. The van der Waals surface area contributed by atoms with Gasteiger partial charge in [-0.25, -0.2) is 0 Å². The third kappa shape index (κ3) is 3.67.